The third-order valence-corrected chi connectivity index (χ3v) is 3.06. The van der Waals surface area contributed by atoms with Gasteiger partial charge >= 0.3 is 5.97 Å². The van der Waals surface area contributed by atoms with Crippen molar-refractivity contribution in [3.8, 4) is 0 Å². The van der Waals surface area contributed by atoms with E-state index in [1.807, 2.05) is 0 Å². The summed E-state index contributed by atoms with van der Waals surface area (Å²) >= 11 is 0. The number of hydrogen-bond donors (Lipinski definition) is 2. The molecule has 0 aliphatic carbocycles. The number of non-ortho nitro benzene ring substituents is 2. The van der Waals surface area contributed by atoms with Crippen molar-refractivity contribution in [3.05, 3.63) is 62.2 Å². The van der Waals surface area contributed by atoms with Crippen molar-refractivity contribution in [3.63, 3.8) is 0 Å². The highest BCUT2D eigenvalue weighted by Crippen LogP contribution is 2.23. The molecular weight excluding hydrogens is 322 g/mol. The first-order chi connectivity index (χ1) is 11.4. The standard InChI is InChI=1S/C13H13N5O6/c14-12(3-9-5-15-7-16-9)13(19)24-6-8-1-10(17(20)21)4-11(2-8)18(22)23/h1-2,4-5,7,12H,3,6,14H2,(H,15,16)/t12-/m1/s1. The number of H-pyrrole nitrogens is 1. The van der Waals surface area contributed by atoms with Crippen molar-refractivity contribution >= 4 is 17.3 Å². The quantitative estimate of drug-likeness (QED) is 0.426. The van der Waals surface area contributed by atoms with Crippen LogP contribution in [0.5, 0.6) is 0 Å². The van der Waals surface area contributed by atoms with E-state index in [4.69, 9.17) is 10.5 Å². The Hall–Kier alpha value is -3.34. The first-order valence-corrected chi connectivity index (χ1v) is 6.69. The molecule has 2 rings (SSSR count). The molecule has 1 heterocycles. The van der Waals surface area contributed by atoms with Crippen LogP contribution in [0.1, 0.15) is 11.3 Å². The summed E-state index contributed by atoms with van der Waals surface area (Å²) < 4.78 is 4.96. The lowest BCUT2D eigenvalue weighted by atomic mass is 10.1. The molecule has 0 radical (unpaired) electrons. The van der Waals surface area contributed by atoms with Gasteiger partial charge in [0.2, 0.25) is 0 Å². The summed E-state index contributed by atoms with van der Waals surface area (Å²) in [4.78, 5) is 38.5. The minimum absolute atomic E-state index is 0.123. The number of benzene rings is 1. The van der Waals surface area contributed by atoms with Gasteiger partial charge < -0.3 is 15.5 Å². The fraction of sp³-hybridized carbons (Fsp3) is 0.231. The van der Waals surface area contributed by atoms with Gasteiger partial charge in [0, 0.05) is 36.0 Å². The van der Waals surface area contributed by atoms with E-state index in [9.17, 15) is 25.0 Å². The molecule has 3 N–H and O–H groups in total. The molecule has 0 fully saturated rings. The summed E-state index contributed by atoms with van der Waals surface area (Å²) in [5, 5.41) is 21.6. The molecule has 0 aliphatic rings. The van der Waals surface area contributed by atoms with Gasteiger partial charge in [-0.1, -0.05) is 0 Å². The third-order valence-electron chi connectivity index (χ3n) is 3.06. The number of nitrogens with one attached hydrogen (secondary N) is 1. The highest BCUT2D eigenvalue weighted by molar-refractivity contribution is 5.75. The van der Waals surface area contributed by atoms with E-state index in [1.165, 1.54) is 12.5 Å². The number of nitro benzene ring substituents is 2. The zero-order chi connectivity index (χ0) is 17.7. The number of carbonyl (C=O) groups is 1. The maximum atomic E-state index is 11.8. The summed E-state index contributed by atoms with van der Waals surface area (Å²) in [6.45, 7) is -0.363. The maximum absolute atomic E-state index is 11.8. The summed E-state index contributed by atoms with van der Waals surface area (Å²) in [6, 6.07) is 2.07. The minimum atomic E-state index is -0.959. The Morgan fingerprint density at radius 1 is 1.25 bits per heavy atom. The van der Waals surface area contributed by atoms with Crippen LogP contribution in [0.2, 0.25) is 0 Å². The van der Waals surface area contributed by atoms with E-state index in [-0.39, 0.29) is 18.6 Å². The van der Waals surface area contributed by atoms with Crippen LogP contribution in [0.15, 0.2) is 30.7 Å². The molecule has 2 aromatic rings. The van der Waals surface area contributed by atoms with E-state index in [0.29, 0.717) is 5.69 Å². The monoisotopic (exact) mass is 335 g/mol. The summed E-state index contributed by atoms with van der Waals surface area (Å²) in [7, 11) is 0. The second kappa shape index (κ2) is 7.28. The molecule has 0 saturated carbocycles. The number of esters is 1. The fourth-order valence-corrected chi connectivity index (χ4v) is 1.93. The van der Waals surface area contributed by atoms with Crippen molar-refractivity contribution in [2.75, 3.05) is 0 Å². The van der Waals surface area contributed by atoms with Crippen molar-refractivity contribution in [1.82, 2.24) is 9.97 Å². The van der Waals surface area contributed by atoms with Gasteiger partial charge in [-0.05, 0) is 0 Å². The molecule has 0 amide bonds. The lowest BCUT2D eigenvalue weighted by molar-refractivity contribution is -0.394. The first-order valence-electron chi connectivity index (χ1n) is 6.69. The second-order valence-electron chi connectivity index (χ2n) is 4.87. The zero-order valence-electron chi connectivity index (χ0n) is 12.2. The van der Waals surface area contributed by atoms with Crippen LogP contribution in [0, 0.1) is 20.2 Å². The van der Waals surface area contributed by atoms with Crippen molar-refractivity contribution < 1.29 is 19.4 Å². The molecule has 1 aromatic heterocycles. The molecule has 0 spiro atoms. The Kier molecular flexibility index (Phi) is 5.16. The molecular formula is C13H13N5O6. The van der Waals surface area contributed by atoms with E-state index in [0.717, 1.165) is 18.2 Å². The van der Waals surface area contributed by atoms with Crippen LogP contribution in [0.25, 0.3) is 0 Å². The number of imidazole rings is 1. The summed E-state index contributed by atoms with van der Waals surface area (Å²) in [6.07, 6.45) is 3.13. The molecule has 0 aliphatic heterocycles. The molecule has 126 valence electrons. The number of hydrogen-bond acceptors (Lipinski definition) is 8. The second-order valence-corrected chi connectivity index (χ2v) is 4.87. The van der Waals surface area contributed by atoms with Crippen molar-refractivity contribution in [1.29, 1.82) is 0 Å². The van der Waals surface area contributed by atoms with Crippen molar-refractivity contribution in [2.24, 2.45) is 5.73 Å². The normalized spacial score (nSPS) is 11.7. The molecule has 24 heavy (non-hydrogen) atoms. The Bertz CT molecular complexity index is 728. The molecule has 0 bridgehead atoms. The smallest absolute Gasteiger partial charge is 0.323 e. The molecule has 11 heteroatoms. The predicted molar refractivity (Wildman–Crippen MR) is 79.8 cm³/mol. The van der Waals surface area contributed by atoms with Crippen LogP contribution < -0.4 is 5.73 Å². The minimum Gasteiger partial charge on any atom is -0.460 e. The van der Waals surface area contributed by atoms with E-state index < -0.39 is 33.2 Å². The number of nitrogens with zero attached hydrogens (tertiary/aromatic N) is 3. The SMILES string of the molecule is N[C@H](Cc1cnc[nH]1)C(=O)OCc1cc([N+](=O)[O-])cc([N+](=O)[O-])c1. The number of nitro groups is 2. The van der Waals surface area contributed by atoms with Crippen LogP contribution in [0.4, 0.5) is 11.4 Å². The number of ether oxygens (including phenoxy) is 1. The van der Waals surface area contributed by atoms with Crippen LogP contribution in [-0.4, -0.2) is 31.8 Å². The van der Waals surface area contributed by atoms with Gasteiger partial charge in [0.25, 0.3) is 11.4 Å². The van der Waals surface area contributed by atoms with Crippen LogP contribution in [0.3, 0.4) is 0 Å². The van der Waals surface area contributed by atoms with E-state index in [2.05, 4.69) is 9.97 Å². The van der Waals surface area contributed by atoms with Gasteiger partial charge in [-0.2, -0.15) is 0 Å². The maximum Gasteiger partial charge on any atom is 0.323 e. The van der Waals surface area contributed by atoms with Gasteiger partial charge in [-0.15, -0.1) is 0 Å². The predicted octanol–water partition coefficient (Wildman–Crippen LogP) is 0.839. The van der Waals surface area contributed by atoms with Gasteiger partial charge in [0.1, 0.15) is 12.6 Å². The average molecular weight is 335 g/mol. The number of aromatic nitrogens is 2. The summed E-state index contributed by atoms with van der Waals surface area (Å²) in [5.41, 5.74) is 5.53. The number of nitrogens with two attached hydrogens (primary N) is 1. The van der Waals surface area contributed by atoms with Crippen LogP contribution >= 0.6 is 0 Å². The van der Waals surface area contributed by atoms with Crippen LogP contribution in [-0.2, 0) is 22.6 Å². The highest BCUT2D eigenvalue weighted by atomic mass is 16.6. The number of aromatic amines is 1. The largest absolute Gasteiger partial charge is 0.460 e. The Labute approximate surface area is 134 Å². The fourth-order valence-electron chi connectivity index (χ4n) is 1.93. The first kappa shape index (κ1) is 17.0. The number of rotatable bonds is 7. The van der Waals surface area contributed by atoms with E-state index >= 15 is 0 Å². The highest BCUT2D eigenvalue weighted by Gasteiger charge is 2.19. The molecule has 0 unspecified atom stereocenters. The topological polar surface area (TPSA) is 167 Å². The van der Waals surface area contributed by atoms with Gasteiger partial charge in [-0.3, -0.25) is 25.0 Å². The molecule has 1 aromatic carbocycles. The van der Waals surface area contributed by atoms with E-state index in [1.54, 1.807) is 0 Å². The number of carbonyl (C=O) groups excluding carboxylic acids is 1. The molecule has 1 atom stereocenters. The summed E-state index contributed by atoms with van der Waals surface area (Å²) in [5.74, 6) is -0.737. The Morgan fingerprint density at radius 2 is 1.88 bits per heavy atom. The lowest BCUT2D eigenvalue weighted by Crippen LogP contribution is -2.34. The van der Waals surface area contributed by atoms with Gasteiger partial charge in [0.15, 0.2) is 0 Å². The van der Waals surface area contributed by atoms with Gasteiger partial charge in [0.05, 0.1) is 22.2 Å². The zero-order valence-corrected chi connectivity index (χ0v) is 12.2. The lowest BCUT2D eigenvalue weighted by Gasteiger charge is -2.10. The Balaban J connectivity index is 2.03. The molecule has 11 nitrogen and oxygen atoms in total. The Morgan fingerprint density at radius 3 is 2.38 bits per heavy atom. The third kappa shape index (κ3) is 4.33. The molecule has 0 saturated heterocycles. The van der Waals surface area contributed by atoms with Crippen molar-refractivity contribution in [2.45, 2.75) is 19.1 Å². The van der Waals surface area contributed by atoms with Gasteiger partial charge in [-0.25, -0.2) is 4.98 Å². The average Bonchev–Trinajstić information content (AvgIpc) is 3.05.